The zero-order valence-corrected chi connectivity index (χ0v) is 19.7. The summed E-state index contributed by atoms with van der Waals surface area (Å²) in [5, 5.41) is 9.00. The molecule has 2 aromatic heterocycles. The lowest BCUT2D eigenvalue weighted by Crippen LogP contribution is -2.39. The van der Waals surface area contributed by atoms with Crippen molar-refractivity contribution in [3.63, 3.8) is 0 Å². The number of aromatic nitrogens is 3. The molecule has 0 aliphatic heterocycles. The monoisotopic (exact) mass is 464 g/mol. The maximum absolute atomic E-state index is 14.1. The Morgan fingerprint density at radius 3 is 2.17 bits per heavy atom. The van der Waals surface area contributed by atoms with Gasteiger partial charge >= 0.3 is 5.56 Å². The number of carbonyl (C=O) groups is 1. The number of carbonyl (C=O) groups excluding carboxylic acids is 1. The molecule has 0 N–H and O–H groups in total. The maximum Gasteiger partial charge on any atom is 0.301 e. The molecule has 7 heteroatoms. The van der Waals surface area contributed by atoms with E-state index in [0.29, 0.717) is 22.4 Å². The van der Waals surface area contributed by atoms with Crippen molar-refractivity contribution in [1.82, 2.24) is 14.9 Å². The highest BCUT2D eigenvalue weighted by Gasteiger charge is 2.30. The standard InChI is InChI=1S/C28H24N4O3/c1-18(2)31(21-12-8-5-9-13-21)27(33)24-23-25(30-35-26(23)20-10-6-4-7-11-20)28(34)32(29-24)22-16-14-19(3)15-17-22/h4-18H,1-3H3. The average molecular weight is 465 g/mol. The molecule has 0 saturated heterocycles. The molecule has 1 amide bonds. The first-order valence-corrected chi connectivity index (χ1v) is 11.4. The molecule has 5 aromatic rings. The number of fused-ring (bicyclic) bond motifs is 1. The molecular weight excluding hydrogens is 440 g/mol. The molecule has 0 radical (unpaired) electrons. The molecule has 0 saturated carbocycles. The second-order valence-corrected chi connectivity index (χ2v) is 8.61. The van der Waals surface area contributed by atoms with E-state index < -0.39 is 5.56 Å². The van der Waals surface area contributed by atoms with Crippen molar-refractivity contribution in [3.8, 4) is 17.0 Å². The zero-order chi connectivity index (χ0) is 24.5. The van der Waals surface area contributed by atoms with Crippen LogP contribution in [0.1, 0.15) is 29.9 Å². The van der Waals surface area contributed by atoms with Gasteiger partial charge in [0.2, 0.25) is 0 Å². The minimum absolute atomic E-state index is 0.0551. The van der Waals surface area contributed by atoms with Gasteiger partial charge in [-0.3, -0.25) is 9.59 Å². The lowest BCUT2D eigenvalue weighted by Gasteiger charge is -2.27. The number of benzene rings is 3. The van der Waals surface area contributed by atoms with Crippen LogP contribution in [0.4, 0.5) is 5.69 Å². The van der Waals surface area contributed by atoms with Crippen LogP contribution < -0.4 is 10.5 Å². The molecule has 5 rings (SSSR count). The van der Waals surface area contributed by atoms with E-state index in [1.54, 1.807) is 17.0 Å². The van der Waals surface area contributed by atoms with E-state index >= 15 is 0 Å². The Labute approximate surface area is 202 Å². The van der Waals surface area contributed by atoms with Crippen LogP contribution in [-0.2, 0) is 0 Å². The van der Waals surface area contributed by atoms with Crippen LogP contribution in [0.15, 0.2) is 94.2 Å². The Morgan fingerprint density at radius 1 is 0.914 bits per heavy atom. The molecule has 0 spiro atoms. The topological polar surface area (TPSA) is 81.2 Å². The Bertz CT molecular complexity index is 1550. The lowest BCUT2D eigenvalue weighted by molar-refractivity contribution is 0.0975. The van der Waals surface area contributed by atoms with Crippen LogP contribution in [0.2, 0.25) is 0 Å². The average Bonchev–Trinajstić information content (AvgIpc) is 3.32. The summed E-state index contributed by atoms with van der Waals surface area (Å²) < 4.78 is 6.87. The summed E-state index contributed by atoms with van der Waals surface area (Å²) in [6.07, 6.45) is 0. The van der Waals surface area contributed by atoms with Crippen molar-refractivity contribution in [2.24, 2.45) is 0 Å². The first-order valence-electron chi connectivity index (χ1n) is 11.4. The molecule has 0 aliphatic rings. The normalized spacial score (nSPS) is 11.2. The Kier molecular flexibility index (Phi) is 5.74. The highest BCUT2D eigenvalue weighted by atomic mass is 16.5. The van der Waals surface area contributed by atoms with E-state index in [2.05, 4.69) is 10.3 Å². The third-order valence-corrected chi connectivity index (χ3v) is 5.81. The van der Waals surface area contributed by atoms with E-state index in [9.17, 15) is 9.59 Å². The lowest BCUT2D eigenvalue weighted by atomic mass is 10.1. The minimum Gasteiger partial charge on any atom is -0.355 e. The molecule has 0 aliphatic carbocycles. The number of hydrogen-bond donors (Lipinski definition) is 0. The molecule has 2 heterocycles. The fourth-order valence-corrected chi connectivity index (χ4v) is 4.10. The van der Waals surface area contributed by atoms with Gasteiger partial charge in [0.1, 0.15) is 0 Å². The van der Waals surface area contributed by atoms with Crippen molar-refractivity contribution >= 4 is 22.5 Å². The minimum atomic E-state index is -0.456. The predicted octanol–water partition coefficient (Wildman–Crippen LogP) is 5.40. The summed E-state index contributed by atoms with van der Waals surface area (Å²) in [5.74, 6) is -0.0150. The van der Waals surface area contributed by atoms with Crippen LogP contribution in [0.3, 0.4) is 0 Å². The highest BCUT2D eigenvalue weighted by Crippen LogP contribution is 2.31. The highest BCUT2D eigenvalue weighted by molar-refractivity contribution is 6.14. The van der Waals surface area contributed by atoms with Gasteiger partial charge in [-0.25, -0.2) is 0 Å². The second-order valence-electron chi connectivity index (χ2n) is 8.61. The molecule has 3 aromatic carbocycles. The zero-order valence-electron chi connectivity index (χ0n) is 19.7. The molecular formula is C28H24N4O3. The van der Waals surface area contributed by atoms with Gasteiger partial charge in [0.05, 0.1) is 11.1 Å². The quantitative estimate of drug-likeness (QED) is 0.348. The number of para-hydroxylation sites is 1. The van der Waals surface area contributed by atoms with Crippen LogP contribution in [0.25, 0.3) is 27.9 Å². The molecule has 7 nitrogen and oxygen atoms in total. The Balaban J connectivity index is 1.81. The fourth-order valence-electron chi connectivity index (χ4n) is 4.10. The third-order valence-electron chi connectivity index (χ3n) is 5.81. The van der Waals surface area contributed by atoms with Crippen molar-refractivity contribution < 1.29 is 9.32 Å². The number of aryl methyl sites for hydroxylation is 1. The van der Waals surface area contributed by atoms with Crippen molar-refractivity contribution in [1.29, 1.82) is 0 Å². The van der Waals surface area contributed by atoms with Crippen LogP contribution in [0, 0.1) is 6.92 Å². The summed E-state index contributed by atoms with van der Waals surface area (Å²) >= 11 is 0. The molecule has 174 valence electrons. The summed E-state index contributed by atoms with van der Waals surface area (Å²) in [6.45, 7) is 5.83. The van der Waals surface area contributed by atoms with Gasteiger partial charge in [-0.2, -0.15) is 9.78 Å². The third kappa shape index (κ3) is 4.01. The SMILES string of the molecule is Cc1ccc(-n2nc(C(=O)N(c3ccccc3)C(C)C)c3c(-c4ccccc4)onc3c2=O)cc1. The van der Waals surface area contributed by atoms with Crippen molar-refractivity contribution in [3.05, 3.63) is 107 Å². The number of amides is 1. The van der Waals surface area contributed by atoms with E-state index in [-0.39, 0.29) is 23.2 Å². The summed E-state index contributed by atoms with van der Waals surface area (Å²) in [7, 11) is 0. The van der Waals surface area contributed by atoms with Gasteiger partial charge in [0.15, 0.2) is 17.0 Å². The Morgan fingerprint density at radius 2 is 1.54 bits per heavy atom. The first kappa shape index (κ1) is 22.3. The predicted molar refractivity (Wildman–Crippen MR) is 136 cm³/mol. The molecule has 0 bridgehead atoms. The van der Waals surface area contributed by atoms with E-state index in [0.717, 1.165) is 11.3 Å². The van der Waals surface area contributed by atoms with Gasteiger partial charge in [-0.05, 0) is 45.0 Å². The number of rotatable bonds is 5. The van der Waals surface area contributed by atoms with Crippen molar-refractivity contribution in [2.45, 2.75) is 26.8 Å². The Hall–Kier alpha value is -4.52. The smallest absolute Gasteiger partial charge is 0.301 e. The number of hydrogen-bond acceptors (Lipinski definition) is 5. The maximum atomic E-state index is 14.1. The van der Waals surface area contributed by atoms with Crippen LogP contribution >= 0.6 is 0 Å². The van der Waals surface area contributed by atoms with Crippen molar-refractivity contribution in [2.75, 3.05) is 4.90 Å². The van der Waals surface area contributed by atoms with E-state index in [4.69, 9.17) is 4.52 Å². The fraction of sp³-hybridized carbons (Fsp3) is 0.143. The van der Waals surface area contributed by atoms with Crippen LogP contribution in [0.5, 0.6) is 0 Å². The van der Waals surface area contributed by atoms with Gasteiger partial charge in [0, 0.05) is 17.3 Å². The summed E-state index contributed by atoms with van der Waals surface area (Å²) in [6, 6.07) is 25.9. The molecule has 0 fully saturated rings. The van der Waals surface area contributed by atoms with Gasteiger partial charge < -0.3 is 9.42 Å². The van der Waals surface area contributed by atoms with Crippen LogP contribution in [-0.4, -0.2) is 26.9 Å². The van der Waals surface area contributed by atoms with Gasteiger partial charge in [-0.15, -0.1) is 0 Å². The second kappa shape index (κ2) is 9.02. The number of anilines is 1. The first-order chi connectivity index (χ1) is 17.0. The van der Waals surface area contributed by atoms with E-state index in [1.165, 1.54) is 4.68 Å². The largest absolute Gasteiger partial charge is 0.355 e. The summed E-state index contributed by atoms with van der Waals surface area (Å²) in [5.41, 5.74) is 2.71. The van der Waals surface area contributed by atoms with E-state index in [1.807, 2.05) is 93.6 Å². The number of nitrogens with zero attached hydrogens (tertiary/aromatic N) is 4. The van der Waals surface area contributed by atoms with Gasteiger partial charge in [-0.1, -0.05) is 71.4 Å². The van der Waals surface area contributed by atoms with Gasteiger partial charge in [0.25, 0.3) is 5.91 Å². The summed E-state index contributed by atoms with van der Waals surface area (Å²) in [4.78, 5) is 29.2. The molecule has 0 unspecified atom stereocenters. The molecule has 0 atom stereocenters. The molecule has 35 heavy (non-hydrogen) atoms.